The summed E-state index contributed by atoms with van der Waals surface area (Å²) in [5.41, 5.74) is 3.40. The van der Waals surface area contributed by atoms with Crippen molar-refractivity contribution in [3.8, 4) is 0 Å². The Morgan fingerprint density at radius 2 is 1.89 bits per heavy atom. The normalized spacial score (nSPS) is 18.9. The Hall–Kier alpha value is -3.67. The Bertz CT molecular complexity index is 1000. The van der Waals surface area contributed by atoms with Gasteiger partial charge in [-0.25, -0.2) is 19.8 Å². The van der Waals surface area contributed by atoms with Crippen LogP contribution < -0.4 is 10.7 Å². The van der Waals surface area contributed by atoms with E-state index in [9.17, 15) is 28.8 Å². The zero-order valence-corrected chi connectivity index (χ0v) is 19.6. The summed E-state index contributed by atoms with van der Waals surface area (Å²) in [6, 6.07) is 3.80. The van der Waals surface area contributed by atoms with E-state index in [1.807, 2.05) is 0 Å². The monoisotopic (exact) mass is 507 g/mol. The van der Waals surface area contributed by atoms with E-state index in [-0.39, 0.29) is 32.4 Å². The fourth-order valence-corrected chi connectivity index (χ4v) is 4.06. The SMILES string of the molecule is O=CC(CC(=O)O)NC(=O)C1CCCN2C(=O)CCN(NC(=O)CCc3ccc(Cl)cc3)C(=O)N12. The fraction of sp³-hybridized carbons (Fsp3) is 0.455. The average molecular weight is 508 g/mol. The number of halogens is 1. The van der Waals surface area contributed by atoms with Crippen LogP contribution in [-0.2, 0) is 30.4 Å². The van der Waals surface area contributed by atoms with E-state index in [1.54, 1.807) is 24.3 Å². The number of aryl methyl sites for hydroxylation is 1. The molecule has 2 saturated heterocycles. The van der Waals surface area contributed by atoms with Gasteiger partial charge in [0.25, 0.3) is 0 Å². The second kappa shape index (κ2) is 11.6. The summed E-state index contributed by atoms with van der Waals surface area (Å²) < 4.78 is 0. The number of carbonyl (C=O) groups excluding carboxylic acids is 5. The van der Waals surface area contributed by atoms with Crippen LogP contribution in [0.1, 0.15) is 37.7 Å². The zero-order chi connectivity index (χ0) is 25.5. The summed E-state index contributed by atoms with van der Waals surface area (Å²) in [5.74, 6) is -2.88. The molecular weight excluding hydrogens is 482 g/mol. The molecule has 2 aliphatic heterocycles. The number of carboxylic acids is 1. The van der Waals surface area contributed by atoms with Gasteiger partial charge < -0.3 is 15.2 Å². The first-order chi connectivity index (χ1) is 16.7. The van der Waals surface area contributed by atoms with E-state index in [0.29, 0.717) is 24.2 Å². The predicted octanol–water partition coefficient (Wildman–Crippen LogP) is 0.496. The lowest BCUT2D eigenvalue weighted by Crippen LogP contribution is -2.64. The molecule has 13 heteroatoms. The molecule has 35 heavy (non-hydrogen) atoms. The highest BCUT2D eigenvalue weighted by molar-refractivity contribution is 6.30. The van der Waals surface area contributed by atoms with Crippen molar-refractivity contribution in [3.05, 3.63) is 34.9 Å². The fourth-order valence-electron chi connectivity index (χ4n) is 3.93. The molecule has 0 aromatic heterocycles. The highest BCUT2D eigenvalue weighted by Gasteiger charge is 2.44. The number of aliphatic carboxylic acids is 1. The van der Waals surface area contributed by atoms with Gasteiger partial charge in [-0.1, -0.05) is 23.7 Å². The first-order valence-corrected chi connectivity index (χ1v) is 11.5. The highest BCUT2D eigenvalue weighted by atomic mass is 35.5. The molecule has 0 radical (unpaired) electrons. The van der Waals surface area contributed by atoms with Gasteiger partial charge in [0.05, 0.1) is 19.0 Å². The van der Waals surface area contributed by atoms with Gasteiger partial charge in [0.2, 0.25) is 17.7 Å². The molecule has 1 aromatic carbocycles. The molecule has 3 N–H and O–H groups in total. The number of fused-ring (bicyclic) bond motifs is 1. The average Bonchev–Trinajstić information content (AvgIpc) is 2.95. The smallest absolute Gasteiger partial charge is 0.358 e. The molecule has 2 unspecified atom stereocenters. The molecule has 188 valence electrons. The number of hydrazine groups is 2. The van der Waals surface area contributed by atoms with E-state index in [2.05, 4.69) is 10.7 Å². The highest BCUT2D eigenvalue weighted by Crippen LogP contribution is 2.24. The maximum absolute atomic E-state index is 13.3. The number of nitrogens with one attached hydrogen (secondary N) is 2. The molecule has 0 saturated carbocycles. The van der Waals surface area contributed by atoms with Crippen molar-refractivity contribution in [3.63, 3.8) is 0 Å². The minimum Gasteiger partial charge on any atom is -0.481 e. The summed E-state index contributed by atoms with van der Waals surface area (Å²) in [4.78, 5) is 73.5. The van der Waals surface area contributed by atoms with Crippen LogP contribution >= 0.6 is 11.6 Å². The Morgan fingerprint density at radius 1 is 1.17 bits per heavy atom. The van der Waals surface area contributed by atoms with E-state index < -0.39 is 48.2 Å². The zero-order valence-electron chi connectivity index (χ0n) is 18.8. The van der Waals surface area contributed by atoms with Crippen LogP contribution in [0.2, 0.25) is 5.02 Å². The van der Waals surface area contributed by atoms with Crippen LogP contribution in [0.4, 0.5) is 4.79 Å². The van der Waals surface area contributed by atoms with Crippen molar-refractivity contribution in [1.82, 2.24) is 25.8 Å². The summed E-state index contributed by atoms with van der Waals surface area (Å²) in [5, 5.41) is 15.0. The number of carbonyl (C=O) groups is 6. The third kappa shape index (κ3) is 6.69. The summed E-state index contributed by atoms with van der Waals surface area (Å²) in [7, 11) is 0. The first-order valence-electron chi connectivity index (χ1n) is 11.1. The lowest BCUT2D eigenvalue weighted by Gasteiger charge is -2.42. The second-order valence-electron chi connectivity index (χ2n) is 8.21. The van der Waals surface area contributed by atoms with Crippen LogP contribution in [0, 0.1) is 0 Å². The van der Waals surface area contributed by atoms with Crippen molar-refractivity contribution < 1.29 is 33.9 Å². The largest absolute Gasteiger partial charge is 0.481 e. The van der Waals surface area contributed by atoms with Gasteiger partial charge >= 0.3 is 12.0 Å². The molecule has 2 aliphatic rings. The van der Waals surface area contributed by atoms with Crippen molar-refractivity contribution >= 4 is 47.6 Å². The Morgan fingerprint density at radius 3 is 2.54 bits per heavy atom. The van der Waals surface area contributed by atoms with Crippen LogP contribution in [0.15, 0.2) is 24.3 Å². The third-order valence-electron chi connectivity index (χ3n) is 5.67. The number of rotatable bonds is 9. The van der Waals surface area contributed by atoms with E-state index >= 15 is 0 Å². The maximum atomic E-state index is 13.3. The minimum atomic E-state index is -1.28. The first kappa shape index (κ1) is 25.9. The molecule has 12 nitrogen and oxygen atoms in total. The number of hydrogen-bond donors (Lipinski definition) is 3. The summed E-state index contributed by atoms with van der Waals surface area (Å²) >= 11 is 5.86. The molecule has 0 bridgehead atoms. The van der Waals surface area contributed by atoms with E-state index in [4.69, 9.17) is 16.7 Å². The Labute approximate surface area is 206 Å². The molecule has 5 amide bonds. The third-order valence-corrected chi connectivity index (χ3v) is 5.92. The molecule has 0 aliphatic carbocycles. The number of urea groups is 1. The van der Waals surface area contributed by atoms with Gasteiger partial charge in [0.15, 0.2) is 0 Å². The summed E-state index contributed by atoms with van der Waals surface area (Å²) in [6.07, 6.45) is 0.711. The van der Waals surface area contributed by atoms with Crippen LogP contribution in [0.3, 0.4) is 0 Å². The van der Waals surface area contributed by atoms with Crippen LogP contribution in [0.25, 0.3) is 0 Å². The number of amides is 5. The number of nitrogens with zero attached hydrogens (tertiary/aromatic N) is 3. The molecule has 0 spiro atoms. The molecule has 2 heterocycles. The van der Waals surface area contributed by atoms with Gasteiger partial charge in [0.1, 0.15) is 12.3 Å². The Balaban J connectivity index is 1.70. The Kier molecular flexibility index (Phi) is 8.63. The quantitative estimate of drug-likeness (QED) is 0.411. The molecule has 3 rings (SSSR count). The molecule has 2 fully saturated rings. The van der Waals surface area contributed by atoms with Gasteiger partial charge in [-0.15, -0.1) is 0 Å². The van der Waals surface area contributed by atoms with Crippen molar-refractivity contribution in [1.29, 1.82) is 0 Å². The van der Waals surface area contributed by atoms with Crippen LogP contribution in [-0.4, -0.2) is 81.3 Å². The molecular formula is C22H26ClN5O7. The lowest BCUT2D eigenvalue weighted by atomic mass is 10.1. The maximum Gasteiger partial charge on any atom is 0.358 e. The molecule has 1 aromatic rings. The minimum absolute atomic E-state index is 0.0655. The van der Waals surface area contributed by atoms with E-state index in [0.717, 1.165) is 15.6 Å². The van der Waals surface area contributed by atoms with Crippen LogP contribution in [0.5, 0.6) is 0 Å². The number of benzene rings is 1. The van der Waals surface area contributed by atoms with E-state index in [1.165, 1.54) is 5.01 Å². The van der Waals surface area contributed by atoms with Gasteiger partial charge in [-0.3, -0.25) is 24.6 Å². The second-order valence-corrected chi connectivity index (χ2v) is 8.65. The number of hydrogen-bond acceptors (Lipinski definition) is 6. The van der Waals surface area contributed by atoms with Gasteiger partial charge in [-0.2, -0.15) is 0 Å². The van der Waals surface area contributed by atoms with Gasteiger partial charge in [0, 0.05) is 24.4 Å². The number of carboxylic acid groups (broad SMARTS) is 1. The van der Waals surface area contributed by atoms with Crippen molar-refractivity contribution in [2.75, 3.05) is 13.1 Å². The van der Waals surface area contributed by atoms with Crippen molar-refractivity contribution in [2.45, 2.75) is 50.6 Å². The predicted molar refractivity (Wildman–Crippen MR) is 121 cm³/mol. The lowest BCUT2D eigenvalue weighted by molar-refractivity contribution is -0.155. The number of aldehydes is 1. The standard InChI is InChI=1S/C22H26ClN5O7/c23-15-6-3-14(4-7-15)5-8-18(30)25-26-11-9-19(31)27-10-1-2-17(28(27)22(26)35)21(34)24-16(13-29)12-20(32)33/h3-4,6-7,13,16-17H,1-2,5,8-12H2,(H,24,34)(H,25,30)(H,32,33). The van der Waals surface area contributed by atoms with Gasteiger partial charge in [-0.05, 0) is 37.0 Å². The van der Waals surface area contributed by atoms with Crippen molar-refractivity contribution in [2.24, 2.45) is 0 Å². The topological polar surface area (TPSA) is 156 Å². The molecule has 2 atom stereocenters. The summed E-state index contributed by atoms with van der Waals surface area (Å²) in [6.45, 7) is 0.126.